The van der Waals surface area contributed by atoms with Gasteiger partial charge in [0.15, 0.2) is 11.9 Å². The molecule has 0 radical (unpaired) electrons. The summed E-state index contributed by atoms with van der Waals surface area (Å²) in [6.45, 7) is -0.590. The van der Waals surface area contributed by atoms with Gasteiger partial charge in [-0.1, -0.05) is 6.07 Å². The number of hydrogen-bond acceptors (Lipinski definition) is 11. The van der Waals surface area contributed by atoms with E-state index in [1.165, 1.54) is 9.47 Å². The number of hydrogen-bond donors (Lipinski definition) is 7. The van der Waals surface area contributed by atoms with Crippen LogP contribution < -0.4 is 30.2 Å². The van der Waals surface area contributed by atoms with E-state index in [1.54, 1.807) is 54.4 Å². The number of amides is 4. The number of carbonyl (C=O) groups is 8. The Morgan fingerprint density at radius 2 is 1.62 bits per heavy atom. The SMILES string of the molecule is C[As](O)c1ccc(NC(=O)CSCC(NC(=O)CCC(NC(=O)CCN2Cc3cccc[n+]3C2(C=O)C=O)C(=O)O)C(=O)NCC(=O)O)cc1. The van der Waals surface area contributed by atoms with Crippen molar-refractivity contribution in [1.29, 1.82) is 0 Å². The van der Waals surface area contributed by atoms with Gasteiger partial charge in [0.1, 0.15) is 12.6 Å². The molecular weight excluding hydrogens is 739 g/mol. The molecule has 0 bridgehead atoms. The first-order valence-electron chi connectivity index (χ1n) is 15.2. The van der Waals surface area contributed by atoms with Crippen molar-refractivity contribution in [3.8, 4) is 0 Å². The maximum absolute atomic E-state index is 12.8. The van der Waals surface area contributed by atoms with Gasteiger partial charge in [-0.05, 0) is 6.42 Å². The molecule has 4 amide bonds. The third-order valence-corrected chi connectivity index (χ3v) is 10.8. The van der Waals surface area contributed by atoms with E-state index >= 15 is 0 Å². The van der Waals surface area contributed by atoms with E-state index in [4.69, 9.17) is 5.11 Å². The topological polar surface area (TPSA) is 252 Å². The number of carbonyl (C=O) groups excluding carboxylic acids is 6. The Labute approximate surface area is 295 Å². The number of benzene rings is 1. The summed E-state index contributed by atoms with van der Waals surface area (Å²) in [6, 6.07) is 9.07. The minimum absolute atomic E-state index is 0.0582. The summed E-state index contributed by atoms with van der Waals surface area (Å²) in [4.78, 5) is 98.8. The number of pyridine rings is 1. The van der Waals surface area contributed by atoms with Crippen molar-refractivity contribution in [3.05, 3.63) is 54.4 Å². The van der Waals surface area contributed by atoms with Gasteiger partial charge in [0.25, 0.3) is 0 Å². The Balaban J connectivity index is 1.52. The van der Waals surface area contributed by atoms with Gasteiger partial charge in [-0.2, -0.15) is 4.57 Å². The molecular formula is C31H38AsN6O11S+. The summed E-state index contributed by atoms with van der Waals surface area (Å²) in [6.07, 6.45) is 1.45. The second-order valence-corrected chi connectivity index (χ2v) is 15.4. The number of anilines is 1. The summed E-state index contributed by atoms with van der Waals surface area (Å²) >= 11 is -1.07. The van der Waals surface area contributed by atoms with Crippen LogP contribution in [0.5, 0.6) is 0 Å². The first kappa shape index (κ1) is 39.8. The van der Waals surface area contributed by atoms with Gasteiger partial charge in [-0.15, -0.1) is 0 Å². The molecule has 1 aliphatic rings. The quantitative estimate of drug-likeness (QED) is 0.0317. The Morgan fingerprint density at radius 3 is 2.24 bits per heavy atom. The first-order chi connectivity index (χ1) is 23.8. The molecule has 1 aromatic heterocycles. The monoisotopic (exact) mass is 777 g/mol. The number of fused-ring (bicyclic) bond motifs is 1. The molecule has 3 unspecified atom stereocenters. The molecule has 0 aliphatic carbocycles. The van der Waals surface area contributed by atoms with Crippen molar-refractivity contribution >= 4 is 84.9 Å². The third-order valence-electron chi connectivity index (χ3n) is 7.55. The standard InChI is InChI=1S/C31H37AsN6O11S/c1-32(49)20-5-7-21(8-6-20)34-27(43)17-50-16-24(29(46)33-14-28(44)45)36-25(41)10-9-23(30(47)48)35-26(42)11-13-37-15-22-4-2-3-12-38(22)31(37,18-39)19-40/h2-8,12,18-19,23-24,49H,9-11,13-17H2,1H3,(H5-,33,34,35,36,41,42,43,44,45,46,47,48)/p+1. The molecule has 3 atom stereocenters. The zero-order valence-corrected chi connectivity index (χ0v) is 29.6. The summed E-state index contributed by atoms with van der Waals surface area (Å²) in [5, 5.41) is 28.2. The average molecular weight is 778 g/mol. The van der Waals surface area contributed by atoms with Gasteiger partial charge < -0.3 is 15.5 Å². The second kappa shape index (κ2) is 18.9. The van der Waals surface area contributed by atoms with Crippen LogP contribution in [0.2, 0.25) is 5.71 Å². The fraction of sp³-hybridized carbons (Fsp3) is 0.387. The van der Waals surface area contributed by atoms with Crippen LogP contribution >= 0.6 is 11.8 Å². The molecule has 0 spiro atoms. The second-order valence-electron chi connectivity index (χ2n) is 11.1. The fourth-order valence-electron chi connectivity index (χ4n) is 4.98. The third kappa shape index (κ3) is 11.2. The Bertz CT molecular complexity index is 1580. The van der Waals surface area contributed by atoms with Crippen molar-refractivity contribution in [2.75, 3.05) is 29.9 Å². The van der Waals surface area contributed by atoms with Gasteiger partial charge in [-0.3, -0.25) is 24.0 Å². The number of nitrogens with one attached hydrogen (secondary N) is 4. The zero-order chi connectivity index (χ0) is 36.8. The Morgan fingerprint density at radius 1 is 0.960 bits per heavy atom. The van der Waals surface area contributed by atoms with Gasteiger partial charge in [0.2, 0.25) is 18.5 Å². The molecule has 0 saturated carbocycles. The summed E-state index contributed by atoms with van der Waals surface area (Å²) in [5.74, 6) is -5.71. The van der Waals surface area contributed by atoms with Crippen LogP contribution in [0.4, 0.5) is 5.69 Å². The number of aldehydes is 2. The normalized spacial score (nSPS) is 15.0. The molecule has 50 heavy (non-hydrogen) atoms. The van der Waals surface area contributed by atoms with E-state index in [-0.39, 0.29) is 37.4 Å². The molecule has 3 rings (SSSR count). The first-order valence-corrected chi connectivity index (χ1v) is 20.0. The number of carboxylic acid groups (broad SMARTS) is 2. The van der Waals surface area contributed by atoms with Crippen LogP contribution in [0, 0.1) is 0 Å². The van der Waals surface area contributed by atoms with Crippen LogP contribution in [0.3, 0.4) is 0 Å². The van der Waals surface area contributed by atoms with Gasteiger partial charge in [0.05, 0.1) is 6.54 Å². The molecule has 19 heteroatoms. The van der Waals surface area contributed by atoms with E-state index < -0.39 is 81.3 Å². The molecule has 1 aliphatic heterocycles. The fourth-order valence-corrected chi connectivity index (χ4v) is 7.04. The van der Waals surface area contributed by atoms with Crippen LogP contribution in [-0.2, 0) is 50.6 Å². The number of aliphatic carboxylic acids is 2. The van der Waals surface area contributed by atoms with E-state index in [2.05, 4.69) is 21.3 Å². The van der Waals surface area contributed by atoms with Crippen molar-refractivity contribution in [3.63, 3.8) is 0 Å². The van der Waals surface area contributed by atoms with Crippen molar-refractivity contribution < 1.29 is 57.2 Å². The van der Waals surface area contributed by atoms with Crippen LogP contribution in [0.25, 0.3) is 0 Å². The predicted molar refractivity (Wildman–Crippen MR) is 179 cm³/mol. The zero-order valence-electron chi connectivity index (χ0n) is 26.9. The molecule has 0 saturated heterocycles. The van der Waals surface area contributed by atoms with E-state index in [9.17, 15) is 47.6 Å². The number of aromatic nitrogens is 1. The summed E-state index contributed by atoms with van der Waals surface area (Å²) in [7, 11) is 0. The van der Waals surface area contributed by atoms with Crippen molar-refractivity contribution in [2.45, 2.75) is 49.3 Å². The van der Waals surface area contributed by atoms with E-state index in [1.807, 2.05) is 0 Å². The van der Waals surface area contributed by atoms with E-state index in [0.29, 0.717) is 24.0 Å². The average Bonchev–Trinajstić information content (AvgIpc) is 3.41. The Kier molecular flexibility index (Phi) is 15.1. The predicted octanol–water partition coefficient (Wildman–Crippen LogP) is -2.54. The molecule has 1 aromatic carbocycles. The summed E-state index contributed by atoms with van der Waals surface area (Å²) < 4.78 is 12.1. The molecule has 2 heterocycles. The van der Waals surface area contributed by atoms with Gasteiger partial charge in [-0.25, -0.2) is 9.69 Å². The van der Waals surface area contributed by atoms with Crippen LogP contribution in [0.1, 0.15) is 25.0 Å². The number of rotatable bonds is 20. The van der Waals surface area contributed by atoms with Gasteiger partial charge in [0, 0.05) is 31.5 Å². The van der Waals surface area contributed by atoms with Crippen molar-refractivity contribution in [2.24, 2.45) is 0 Å². The number of nitrogens with zero attached hydrogens (tertiary/aromatic N) is 2. The van der Waals surface area contributed by atoms with Crippen LogP contribution in [0.15, 0.2) is 48.7 Å². The minimum atomic E-state index is -2.06. The van der Waals surface area contributed by atoms with Crippen molar-refractivity contribution in [1.82, 2.24) is 20.9 Å². The molecule has 268 valence electrons. The molecule has 0 fully saturated rings. The number of thioether (sulfide) groups is 1. The molecule has 17 nitrogen and oxygen atoms in total. The number of carboxylic acids is 2. The summed E-state index contributed by atoms with van der Waals surface area (Å²) in [5.41, 5.74) is 1.26. The van der Waals surface area contributed by atoms with Gasteiger partial charge >= 0.3 is 149 Å². The van der Waals surface area contributed by atoms with E-state index in [0.717, 1.165) is 16.1 Å². The molecule has 7 N–H and O–H groups in total. The van der Waals surface area contributed by atoms with Crippen LogP contribution in [-0.4, -0.2) is 119 Å². The maximum atomic E-state index is 12.8. The Hall–Kier alpha value is -4.64. The molecule has 2 aromatic rings.